The summed E-state index contributed by atoms with van der Waals surface area (Å²) in [6.45, 7) is 0. The number of carboxylic acid groups (broad SMARTS) is 2. The number of carbonyl (C=O) groups is 2. The number of thioether (sulfide) groups is 1. The van der Waals surface area contributed by atoms with Crippen LogP contribution in [0.2, 0.25) is 0 Å². The van der Waals surface area contributed by atoms with E-state index in [2.05, 4.69) is 0 Å². The highest BCUT2D eigenvalue weighted by molar-refractivity contribution is 7.98. The van der Waals surface area contributed by atoms with Crippen molar-refractivity contribution in [2.75, 3.05) is 5.75 Å². The summed E-state index contributed by atoms with van der Waals surface area (Å²) in [4.78, 5) is 31.3. The molecule has 2 N–H and O–H groups in total. The van der Waals surface area contributed by atoms with Gasteiger partial charge in [-0.05, 0) is 6.07 Å². The zero-order valence-electron chi connectivity index (χ0n) is 9.74. The number of hydrogen-bond donors (Lipinski definition) is 2. The monoisotopic (exact) mass is 285 g/mol. The summed E-state index contributed by atoms with van der Waals surface area (Å²) in [6, 6.07) is 3.69. The SMILES string of the molecule is O=C(O)CCSCc1ccc(C(=O)O)cc1[N+](=O)[O-]. The van der Waals surface area contributed by atoms with Gasteiger partial charge in [0.05, 0.1) is 16.9 Å². The minimum Gasteiger partial charge on any atom is -0.481 e. The van der Waals surface area contributed by atoms with E-state index in [1.807, 2.05) is 0 Å². The van der Waals surface area contributed by atoms with Gasteiger partial charge in [-0.1, -0.05) is 6.07 Å². The highest BCUT2D eigenvalue weighted by atomic mass is 32.2. The number of aliphatic carboxylic acids is 1. The lowest BCUT2D eigenvalue weighted by atomic mass is 10.1. The molecule has 0 aliphatic carbocycles. The van der Waals surface area contributed by atoms with Crippen LogP contribution in [0.15, 0.2) is 18.2 Å². The van der Waals surface area contributed by atoms with Gasteiger partial charge in [-0.2, -0.15) is 11.8 Å². The zero-order valence-corrected chi connectivity index (χ0v) is 10.6. The first kappa shape index (κ1) is 15.0. The van der Waals surface area contributed by atoms with Crippen molar-refractivity contribution in [1.29, 1.82) is 0 Å². The van der Waals surface area contributed by atoms with Crippen molar-refractivity contribution in [3.63, 3.8) is 0 Å². The fraction of sp³-hybridized carbons (Fsp3) is 0.273. The van der Waals surface area contributed by atoms with E-state index in [0.717, 1.165) is 6.07 Å². The molecule has 0 aliphatic heterocycles. The molecule has 0 amide bonds. The van der Waals surface area contributed by atoms with Gasteiger partial charge in [0.2, 0.25) is 0 Å². The van der Waals surface area contributed by atoms with E-state index >= 15 is 0 Å². The average molecular weight is 285 g/mol. The average Bonchev–Trinajstić information content (AvgIpc) is 2.34. The zero-order chi connectivity index (χ0) is 14.4. The Balaban J connectivity index is 2.79. The van der Waals surface area contributed by atoms with Gasteiger partial charge >= 0.3 is 11.9 Å². The van der Waals surface area contributed by atoms with Crippen molar-refractivity contribution >= 4 is 29.4 Å². The predicted octanol–water partition coefficient (Wildman–Crippen LogP) is 2.00. The predicted molar refractivity (Wildman–Crippen MR) is 68.5 cm³/mol. The van der Waals surface area contributed by atoms with Crippen molar-refractivity contribution in [3.8, 4) is 0 Å². The van der Waals surface area contributed by atoms with E-state index in [1.54, 1.807) is 0 Å². The number of hydrogen-bond acceptors (Lipinski definition) is 5. The van der Waals surface area contributed by atoms with E-state index < -0.39 is 16.9 Å². The Morgan fingerprint density at radius 3 is 2.53 bits per heavy atom. The molecule has 8 heteroatoms. The van der Waals surface area contributed by atoms with E-state index in [9.17, 15) is 19.7 Å². The lowest BCUT2D eigenvalue weighted by Crippen LogP contribution is -2.01. The first-order valence-corrected chi connectivity index (χ1v) is 6.37. The maximum Gasteiger partial charge on any atom is 0.335 e. The van der Waals surface area contributed by atoms with Crippen LogP contribution >= 0.6 is 11.8 Å². The molecule has 0 aromatic heterocycles. The van der Waals surface area contributed by atoms with Crippen molar-refractivity contribution in [2.45, 2.75) is 12.2 Å². The molecule has 0 atom stereocenters. The molecule has 1 aromatic rings. The molecular formula is C11H11NO6S. The molecule has 0 saturated carbocycles. The molecule has 0 fully saturated rings. The lowest BCUT2D eigenvalue weighted by molar-refractivity contribution is -0.385. The van der Waals surface area contributed by atoms with Crippen LogP contribution < -0.4 is 0 Å². The van der Waals surface area contributed by atoms with Crippen LogP contribution in [0.4, 0.5) is 5.69 Å². The second-order valence-electron chi connectivity index (χ2n) is 3.60. The minimum atomic E-state index is -1.23. The van der Waals surface area contributed by atoms with Gasteiger partial charge in [-0.3, -0.25) is 14.9 Å². The van der Waals surface area contributed by atoms with Crippen LogP contribution in [0.25, 0.3) is 0 Å². The van der Waals surface area contributed by atoms with E-state index in [-0.39, 0.29) is 23.4 Å². The summed E-state index contributed by atoms with van der Waals surface area (Å²) >= 11 is 1.25. The van der Waals surface area contributed by atoms with Crippen LogP contribution in [0, 0.1) is 10.1 Å². The van der Waals surface area contributed by atoms with Crippen LogP contribution in [-0.2, 0) is 10.5 Å². The van der Waals surface area contributed by atoms with Crippen LogP contribution in [0.1, 0.15) is 22.3 Å². The van der Waals surface area contributed by atoms with E-state index in [1.165, 1.54) is 23.9 Å². The quantitative estimate of drug-likeness (QED) is 0.447. The number of nitro groups is 1. The lowest BCUT2D eigenvalue weighted by Gasteiger charge is -2.03. The Bertz CT molecular complexity index is 516. The summed E-state index contributed by atoms with van der Waals surface area (Å²) in [5, 5.41) is 28.1. The maximum absolute atomic E-state index is 10.8. The molecule has 102 valence electrons. The fourth-order valence-corrected chi connectivity index (χ4v) is 2.26. The molecule has 0 radical (unpaired) electrons. The van der Waals surface area contributed by atoms with Crippen molar-refractivity contribution in [3.05, 3.63) is 39.4 Å². The van der Waals surface area contributed by atoms with Crippen molar-refractivity contribution in [2.24, 2.45) is 0 Å². The minimum absolute atomic E-state index is 0.0221. The summed E-state index contributed by atoms with van der Waals surface area (Å²) in [7, 11) is 0. The van der Waals surface area contributed by atoms with Crippen LogP contribution in [-0.4, -0.2) is 32.8 Å². The van der Waals surface area contributed by atoms with Crippen molar-refractivity contribution < 1.29 is 24.7 Å². The number of benzene rings is 1. The first-order chi connectivity index (χ1) is 8.91. The van der Waals surface area contributed by atoms with Gasteiger partial charge in [0, 0.05) is 23.1 Å². The molecule has 0 aliphatic rings. The Morgan fingerprint density at radius 1 is 1.32 bits per heavy atom. The summed E-state index contributed by atoms with van der Waals surface area (Å²) in [5.74, 6) is -1.55. The molecule has 19 heavy (non-hydrogen) atoms. The van der Waals surface area contributed by atoms with Crippen molar-refractivity contribution in [1.82, 2.24) is 0 Å². The molecule has 1 rings (SSSR count). The van der Waals surface area contributed by atoms with Crippen LogP contribution in [0.5, 0.6) is 0 Å². The summed E-state index contributed by atoms with van der Waals surface area (Å²) in [5.41, 5.74) is -0.0286. The van der Waals surface area contributed by atoms with Gasteiger partial charge in [-0.15, -0.1) is 0 Å². The van der Waals surface area contributed by atoms with Gasteiger partial charge in [-0.25, -0.2) is 4.79 Å². The molecule has 0 heterocycles. The Labute approximate surface area is 112 Å². The smallest absolute Gasteiger partial charge is 0.335 e. The highest BCUT2D eigenvalue weighted by Gasteiger charge is 2.17. The molecule has 0 spiro atoms. The van der Waals surface area contributed by atoms with Gasteiger partial charge in [0.15, 0.2) is 0 Å². The van der Waals surface area contributed by atoms with Crippen LogP contribution in [0.3, 0.4) is 0 Å². The Hall–Kier alpha value is -2.09. The second kappa shape index (κ2) is 6.74. The van der Waals surface area contributed by atoms with E-state index in [4.69, 9.17) is 10.2 Å². The summed E-state index contributed by atoms with van der Waals surface area (Å²) < 4.78 is 0. The Kier molecular flexibility index (Phi) is 5.31. The molecule has 0 bridgehead atoms. The second-order valence-corrected chi connectivity index (χ2v) is 4.71. The fourth-order valence-electron chi connectivity index (χ4n) is 1.33. The number of carboxylic acids is 2. The van der Waals surface area contributed by atoms with Gasteiger partial charge < -0.3 is 10.2 Å². The molecule has 0 saturated heterocycles. The topological polar surface area (TPSA) is 118 Å². The largest absolute Gasteiger partial charge is 0.481 e. The first-order valence-electron chi connectivity index (χ1n) is 5.22. The van der Waals surface area contributed by atoms with Gasteiger partial charge in [0.1, 0.15) is 0 Å². The third-order valence-electron chi connectivity index (χ3n) is 2.25. The normalized spacial score (nSPS) is 10.1. The number of aromatic carboxylic acids is 1. The molecular weight excluding hydrogens is 274 g/mol. The third-order valence-corrected chi connectivity index (χ3v) is 3.25. The molecule has 1 aromatic carbocycles. The molecule has 0 unspecified atom stereocenters. The number of rotatable bonds is 7. The number of nitrogens with zero attached hydrogens (tertiary/aromatic N) is 1. The standard InChI is InChI=1S/C11H11NO6S/c13-10(14)3-4-19-6-8-2-1-7(11(15)16)5-9(8)12(17)18/h1-2,5H,3-4,6H2,(H,13,14)(H,15,16). The van der Waals surface area contributed by atoms with E-state index in [0.29, 0.717) is 11.3 Å². The summed E-state index contributed by atoms with van der Waals surface area (Å²) in [6.07, 6.45) is -0.0221. The Morgan fingerprint density at radius 2 is 2.00 bits per heavy atom. The maximum atomic E-state index is 10.8. The van der Waals surface area contributed by atoms with Gasteiger partial charge in [0.25, 0.3) is 5.69 Å². The third kappa shape index (κ3) is 4.59. The molecule has 7 nitrogen and oxygen atoms in total. The highest BCUT2D eigenvalue weighted by Crippen LogP contribution is 2.25. The number of nitro benzene ring substituents is 1.